The van der Waals surface area contributed by atoms with Crippen LogP contribution in [0.1, 0.15) is 24.7 Å². The molecule has 1 N–H and O–H groups in total. The van der Waals surface area contributed by atoms with E-state index in [0.29, 0.717) is 6.04 Å². The van der Waals surface area contributed by atoms with Crippen molar-refractivity contribution >= 4 is 11.0 Å². The molecule has 0 aliphatic heterocycles. The first-order valence-corrected chi connectivity index (χ1v) is 5.86. The molecule has 0 aliphatic carbocycles. The third kappa shape index (κ3) is 2.12. The zero-order valence-electron chi connectivity index (χ0n) is 10.2. The Labute approximate surface area is 96.6 Å². The summed E-state index contributed by atoms with van der Waals surface area (Å²) in [7, 11) is 2.00. The van der Waals surface area contributed by atoms with Crippen LogP contribution in [-0.4, -0.2) is 13.1 Å². The Morgan fingerprint density at radius 1 is 1.31 bits per heavy atom. The van der Waals surface area contributed by atoms with E-state index in [1.165, 1.54) is 10.9 Å². The zero-order valence-corrected chi connectivity index (χ0v) is 10.2. The SMILES string of the molecule is CNC(C)CCc1c(C)oc2ccccc12. The van der Waals surface area contributed by atoms with Gasteiger partial charge in [-0.3, -0.25) is 0 Å². The van der Waals surface area contributed by atoms with Gasteiger partial charge in [0.1, 0.15) is 11.3 Å². The van der Waals surface area contributed by atoms with Crippen molar-refractivity contribution in [1.29, 1.82) is 0 Å². The lowest BCUT2D eigenvalue weighted by atomic mass is 10.0. The summed E-state index contributed by atoms with van der Waals surface area (Å²) in [6.45, 7) is 4.26. The second-order valence-electron chi connectivity index (χ2n) is 4.36. The first-order valence-electron chi connectivity index (χ1n) is 5.86. The quantitative estimate of drug-likeness (QED) is 0.850. The summed E-state index contributed by atoms with van der Waals surface area (Å²) in [6.07, 6.45) is 2.21. The van der Waals surface area contributed by atoms with E-state index in [0.717, 1.165) is 24.2 Å². The molecule has 2 rings (SSSR count). The highest BCUT2D eigenvalue weighted by Crippen LogP contribution is 2.26. The summed E-state index contributed by atoms with van der Waals surface area (Å²) >= 11 is 0. The maximum absolute atomic E-state index is 5.74. The van der Waals surface area contributed by atoms with Crippen LogP contribution in [0.15, 0.2) is 28.7 Å². The molecular formula is C14H19NO. The van der Waals surface area contributed by atoms with Gasteiger partial charge in [-0.2, -0.15) is 0 Å². The Kier molecular flexibility index (Phi) is 3.30. The highest BCUT2D eigenvalue weighted by molar-refractivity contribution is 5.82. The molecule has 0 radical (unpaired) electrons. The average Bonchev–Trinajstić information content (AvgIpc) is 2.62. The van der Waals surface area contributed by atoms with E-state index >= 15 is 0 Å². The first-order chi connectivity index (χ1) is 7.72. The summed E-state index contributed by atoms with van der Waals surface area (Å²) in [6, 6.07) is 8.82. The van der Waals surface area contributed by atoms with Crippen LogP contribution < -0.4 is 5.32 Å². The van der Waals surface area contributed by atoms with E-state index in [9.17, 15) is 0 Å². The van der Waals surface area contributed by atoms with Gasteiger partial charge in [-0.05, 0) is 39.8 Å². The number of fused-ring (bicyclic) bond motifs is 1. The Morgan fingerprint density at radius 3 is 2.81 bits per heavy atom. The molecule has 0 fully saturated rings. The maximum Gasteiger partial charge on any atom is 0.134 e. The van der Waals surface area contributed by atoms with Crippen LogP contribution in [-0.2, 0) is 6.42 Å². The summed E-state index contributed by atoms with van der Waals surface area (Å²) in [5.41, 5.74) is 2.37. The van der Waals surface area contributed by atoms with E-state index in [1.54, 1.807) is 0 Å². The second kappa shape index (κ2) is 4.71. The molecule has 0 amide bonds. The van der Waals surface area contributed by atoms with Gasteiger partial charge in [-0.25, -0.2) is 0 Å². The number of benzene rings is 1. The van der Waals surface area contributed by atoms with Crippen LogP contribution in [0.4, 0.5) is 0 Å². The normalized spacial score (nSPS) is 13.2. The number of nitrogens with one attached hydrogen (secondary N) is 1. The molecule has 0 aliphatic rings. The molecule has 1 aromatic carbocycles. The van der Waals surface area contributed by atoms with Crippen molar-refractivity contribution < 1.29 is 4.42 Å². The highest BCUT2D eigenvalue weighted by Gasteiger charge is 2.10. The topological polar surface area (TPSA) is 25.2 Å². The molecule has 0 saturated carbocycles. The van der Waals surface area contributed by atoms with Crippen LogP contribution in [0.3, 0.4) is 0 Å². The fraction of sp³-hybridized carbons (Fsp3) is 0.429. The van der Waals surface area contributed by atoms with Gasteiger partial charge in [0.25, 0.3) is 0 Å². The highest BCUT2D eigenvalue weighted by atomic mass is 16.3. The summed E-state index contributed by atoms with van der Waals surface area (Å²) in [4.78, 5) is 0. The molecule has 86 valence electrons. The predicted molar refractivity (Wildman–Crippen MR) is 67.8 cm³/mol. The van der Waals surface area contributed by atoms with Crippen LogP contribution >= 0.6 is 0 Å². The minimum atomic E-state index is 0.549. The monoisotopic (exact) mass is 217 g/mol. The lowest BCUT2D eigenvalue weighted by Crippen LogP contribution is -2.21. The lowest BCUT2D eigenvalue weighted by molar-refractivity contribution is 0.546. The van der Waals surface area contributed by atoms with E-state index in [-0.39, 0.29) is 0 Å². The Morgan fingerprint density at radius 2 is 2.06 bits per heavy atom. The Hall–Kier alpha value is -1.28. The number of rotatable bonds is 4. The van der Waals surface area contributed by atoms with Gasteiger partial charge in [-0.1, -0.05) is 18.2 Å². The van der Waals surface area contributed by atoms with Gasteiger partial charge >= 0.3 is 0 Å². The third-order valence-corrected chi connectivity index (χ3v) is 3.22. The van der Waals surface area contributed by atoms with Crippen LogP contribution in [0.25, 0.3) is 11.0 Å². The van der Waals surface area contributed by atoms with Gasteiger partial charge < -0.3 is 9.73 Å². The number of furan rings is 1. The molecule has 2 heteroatoms. The molecule has 2 aromatic rings. The van der Waals surface area contributed by atoms with E-state index in [1.807, 2.05) is 19.2 Å². The molecule has 1 heterocycles. The molecule has 1 unspecified atom stereocenters. The minimum absolute atomic E-state index is 0.549. The molecule has 0 spiro atoms. The fourth-order valence-electron chi connectivity index (χ4n) is 2.04. The lowest BCUT2D eigenvalue weighted by Gasteiger charge is -2.09. The summed E-state index contributed by atoms with van der Waals surface area (Å²) in [5, 5.41) is 4.53. The van der Waals surface area contributed by atoms with Crippen LogP contribution in [0.5, 0.6) is 0 Å². The van der Waals surface area contributed by atoms with Crippen molar-refractivity contribution in [3.05, 3.63) is 35.6 Å². The predicted octanol–water partition coefficient (Wildman–Crippen LogP) is 3.28. The standard InChI is InChI=1S/C14H19NO/c1-10(15-3)8-9-12-11(2)16-14-7-5-4-6-13(12)14/h4-7,10,15H,8-9H2,1-3H3. The van der Waals surface area contributed by atoms with Crippen molar-refractivity contribution in [1.82, 2.24) is 5.32 Å². The van der Waals surface area contributed by atoms with E-state index in [2.05, 4.69) is 31.3 Å². The Bertz CT molecular complexity index is 473. The molecule has 16 heavy (non-hydrogen) atoms. The van der Waals surface area contributed by atoms with Crippen LogP contribution in [0, 0.1) is 6.92 Å². The van der Waals surface area contributed by atoms with Gasteiger partial charge in [0.15, 0.2) is 0 Å². The van der Waals surface area contributed by atoms with Gasteiger partial charge in [0, 0.05) is 17.0 Å². The number of aryl methyl sites for hydroxylation is 2. The zero-order chi connectivity index (χ0) is 11.5. The molecular weight excluding hydrogens is 198 g/mol. The van der Waals surface area contributed by atoms with Crippen molar-refractivity contribution in [3.63, 3.8) is 0 Å². The summed E-state index contributed by atoms with van der Waals surface area (Å²) in [5.74, 6) is 1.06. The molecule has 0 saturated heterocycles. The molecule has 1 atom stereocenters. The number of hydrogen-bond donors (Lipinski definition) is 1. The van der Waals surface area contributed by atoms with Crippen molar-refractivity contribution in [2.75, 3.05) is 7.05 Å². The second-order valence-corrected chi connectivity index (χ2v) is 4.36. The van der Waals surface area contributed by atoms with Gasteiger partial charge in [0.05, 0.1) is 0 Å². The third-order valence-electron chi connectivity index (χ3n) is 3.22. The Balaban J connectivity index is 2.26. The number of hydrogen-bond acceptors (Lipinski definition) is 2. The smallest absolute Gasteiger partial charge is 0.134 e. The first kappa shape index (κ1) is 11.2. The van der Waals surface area contributed by atoms with Crippen molar-refractivity contribution in [2.24, 2.45) is 0 Å². The molecule has 2 nitrogen and oxygen atoms in total. The van der Waals surface area contributed by atoms with E-state index in [4.69, 9.17) is 4.42 Å². The van der Waals surface area contributed by atoms with Crippen molar-refractivity contribution in [2.45, 2.75) is 32.7 Å². The molecule has 1 aromatic heterocycles. The van der Waals surface area contributed by atoms with E-state index < -0.39 is 0 Å². The fourth-order valence-corrected chi connectivity index (χ4v) is 2.04. The van der Waals surface area contributed by atoms with Crippen molar-refractivity contribution in [3.8, 4) is 0 Å². The summed E-state index contributed by atoms with van der Waals surface area (Å²) < 4.78 is 5.74. The average molecular weight is 217 g/mol. The molecule has 0 bridgehead atoms. The number of para-hydroxylation sites is 1. The van der Waals surface area contributed by atoms with Gasteiger partial charge in [-0.15, -0.1) is 0 Å². The minimum Gasteiger partial charge on any atom is -0.461 e. The maximum atomic E-state index is 5.74. The van der Waals surface area contributed by atoms with Crippen LogP contribution in [0.2, 0.25) is 0 Å². The van der Waals surface area contributed by atoms with Gasteiger partial charge in [0.2, 0.25) is 0 Å². The largest absolute Gasteiger partial charge is 0.461 e.